The van der Waals surface area contributed by atoms with Crippen LogP contribution in [0.4, 0.5) is 0 Å². The van der Waals surface area contributed by atoms with Gasteiger partial charge in [0, 0.05) is 5.56 Å². The number of amides is 1. The number of carbonyl (C=O) groups excluding carboxylic acids is 2. The highest BCUT2D eigenvalue weighted by Gasteiger charge is 2.21. The number of hydrogen-bond donors (Lipinski definition) is 1. The van der Waals surface area contributed by atoms with Crippen molar-refractivity contribution in [2.75, 3.05) is 6.54 Å². The summed E-state index contributed by atoms with van der Waals surface area (Å²) in [5, 5.41) is 2.49. The minimum absolute atomic E-state index is 0.144. The van der Waals surface area contributed by atoms with Gasteiger partial charge in [0.2, 0.25) is 5.91 Å². The van der Waals surface area contributed by atoms with E-state index in [1.807, 2.05) is 6.07 Å². The molecule has 0 aromatic heterocycles. The van der Waals surface area contributed by atoms with Crippen molar-refractivity contribution in [2.45, 2.75) is 6.92 Å². The standard InChI is InChI=1S/C13H13NO2/c1-3-9-14-13(16)10(2)12(15)11-7-5-4-6-8-11/h1,4-8,10H,9H2,2H3,(H,14,16). The van der Waals surface area contributed by atoms with Gasteiger partial charge >= 0.3 is 0 Å². The smallest absolute Gasteiger partial charge is 0.231 e. The lowest BCUT2D eigenvalue weighted by Crippen LogP contribution is -2.33. The molecule has 1 aromatic rings. The van der Waals surface area contributed by atoms with Crippen molar-refractivity contribution < 1.29 is 9.59 Å². The van der Waals surface area contributed by atoms with E-state index in [4.69, 9.17) is 6.42 Å². The van der Waals surface area contributed by atoms with E-state index in [-0.39, 0.29) is 18.2 Å². The Morgan fingerprint density at radius 3 is 2.56 bits per heavy atom. The molecule has 0 bridgehead atoms. The predicted octanol–water partition coefficient (Wildman–Crippen LogP) is 1.25. The van der Waals surface area contributed by atoms with Gasteiger partial charge in [-0.05, 0) is 6.92 Å². The highest BCUT2D eigenvalue weighted by atomic mass is 16.2. The molecule has 0 spiro atoms. The SMILES string of the molecule is C#CCNC(=O)C(C)C(=O)c1ccccc1. The van der Waals surface area contributed by atoms with Crippen LogP contribution in [0.3, 0.4) is 0 Å². The third-order valence-corrected chi connectivity index (χ3v) is 2.21. The van der Waals surface area contributed by atoms with Gasteiger partial charge < -0.3 is 5.32 Å². The number of carbonyl (C=O) groups is 2. The molecule has 0 saturated heterocycles. The minimum Gasteiger partial charge on any atom is -0.345 e. The molecule has 1 unspecified atom stereocenters. The number of nitrogens with one attached hydrogen (secondary N) is 1. The van der Waals surface area contributed by atoms with Gasteiger partial charge in [0.1, 0.15) is 0 Å². The Bertz CT molecular complexity index is 417. The van der Waals surface area contributed by atoms with Gasteiger partial charge in [-0.25, -0.2) is 0 Å². The van der Waals surface area contributed by atoms with Crippen LogP contribution in [0.1, 0.15) is 17.3 Å². The Balaban J connectivity index is 2.68. The summed E-state index contributed by atoms with van der Waals surface area (Å²) >= 11 is 0. The normalized spacial score (nSPS) is 11.2. The van der Waals surface area contributed by atoms with E-state index in [0.717, 1.165) is 0 Å². The summed E-state index contributed by atoms with van der Waals surface area (Å²) in [4.78, 5) is 23.3. The van der Waals surface area contributed by atoms with Gasteiger partial charge in [-0.1, -0.05) is 36.3 Å². The molecule has 0 fully saturated rings. The first-order valence-electron chi connectivity index (χ1n) is 4.97. The van der Waals surface area contributed by atoms with Crippen molar-refractivity contribution in [1.82, 2.24) is 5.32 Å². The van der Waals surface area contributed by atoms with E-state index in [1.165, 1.54) is 0 Å². The van der Waals surface area contributed by atoms with E-state index in [1.54, 1.807) is 31.2 Å². The zero-order chi connectivity index (χ0) is 12.0. The van der Waals surface area contributed by atoms with Gasteiger partial charge in [0.05, 0.1) is 12.5 Å². The second-order valence-corrected chi connectivity index (χ2v) is 3.37. The Morgan fingerprint density at radius 1 is 1.38 bits per heavy atom. The molecule has 1 N–H and O–H groups in total. The third-order valence-electron chi connectivity index (χ3n) is 2.21. The molecule has 0 aliphatic heterocycles. The molecular formula is C13H13NO2. The largest absolute Gasteiger partial charge is 0.345 e. The fraction of sp³-hybridized carbons (Fsp3) is 0.231. The molecule has 0 saturated carbocycles. The maximum atomic E-state index is 11.8. The van der Waals surface area contributed by atoms with Crippen molar-refractivity contribution in [2.24, 2.45) is 5.92 Å². The molecule has 0 radical (unpaired) electrons. The maximum absolute atomic E-state index is 11.8. The van der Waals surface area contributed by atoms with Gasteiger partial charge in [0.15, 0.2) is 5.78 Å². The van der Waals surface area contributed by atoms with Crippen molar-refractivity contribution in [3.8, 4) is 12.3 Å². The van der Waals surface area contributed by atoms with Crippen LogP contribution in [0.15, 0.2) is 30.3 Å². The quantitative estimate of drug-likeness (QED) is 0.467. The van der Waals surface area contributed by atoms with E-state index < -0.39 is 5.92 Å². The summed E-state index contributed by atoms with van der Waals surface area (Å²) in [6.07, 6.45) is 5.01. The summed E-state index contributed by atoms with van der Waals surface area (Å²) in [6, 6.07) is 8.72. The molecule has 82 valence electrons. The number of hydrogen-bond acceptors (Lipinski definition) is 2. The number of terminal acetylenes is 1. The minimum atomic E-state index is -0.712. The van der Waals surface area contributed by atoms with Gasteiger partial charge in [-0.3, -0.25) is 9.59 Å². The second-order valence-electron chi connectivity index (χ2n) is 3.37. The highest BCUT2D eigenvalue weighted by Crippen LogP contribution is 2.08. The zero-order valence-electron chi connectivity index (χ0n) is 9.07. The van der Waals surface area contributed by atoms with Crippen LogP contribution in [0.2, 0.25) is 0 Å². The average Bonchev–Trinajstić information content (AvgIpc) is 2.35. The summed E-state index contributed by atoms with van der Waals surface area (Å²) in [6.45, 7) is 1.71. The topological polar surface area (TPSA) is 46.2 Å². The molecule has 16 heavy (non-hydrogen) atoms. The van der Waals surface area contributed by atoms with E-state index in [9.17, 15) is 9.59 Å². The molecule has 1 atom stereocenters. The number of ketones is 1. The number of Topliss-reactive ketones (excluding diaryl/α,β-unsaturated/α-hetero) is 1. The summed E-state index contributed by atoms with van der Waals surface area (Å²) < 4.78 is 0. The molecule has 0 aliphatic carbocycles. The van der Waals surface area contributed by atoms with Crippen molar-refractivity contribution in [3.63, 3.8) is 0 Å². The molecule has 0 heterocycles. The molecule has 3 heteroatoms. The van der Waals surface area contributed by atoms with Crippen LogP contribution in [0.5, 0.6) is 0 Å². The number of rotatable bonds is 4. The Kier molecular flexibility index (Phi) is 4.28. The fourth-order valence-corrected chi connectivity index (χ4v) is 1.26. The molecular weight excluding hydrogens is 202 g/mol. The molecule has 1 amide bonds. The Morgan fingerprint density at radius 2 is 2.00 bits per heavy atom. The van der Waals surface area contributed by atoms with Crippen molar-refractivity contribution >= 4 is 11.7 Å². The fourth-order valence-electron chi connectivity index (χ4n) is 1.26. The van der Waals surface area contributed by atoms with Crippen LogP contribution in [-0.2, 0) is 4.79 Å². The summed E-state index contributed by atoms with van der Waals surface area (Å²) in [7, 11) is 0. The first-order chi connectivity index (χ1) is 7.66. The molecule has 1 rings (SSSR count). The van der Waals surface area contributed by atoms with Crippen LogP contribution < -0.4 is 5.32 Å². The lowest BCUT2D eigenvalue weighted by Gasteiger charge is -2.09. The molecule has 3 nitrogen and oxygen atoms in total. The van der Waals surface area contributed by atoms with Crippen LogP contribution in [0, 0.1) is 18.3 Å². The highest BCUT2D eigenvalue weighted by molar-refractivity contribution is 6.09. The van der Waals surface area contributed by atoms with Crippen molar-refractivity contribution in [3.05, 3.63) is 35.9 Å². The monoisotopic (exact) mass is 215 g/mol. The Hall–Kier alpha value is -2.08. The first-order valence-corrected chi connectivity index (χ1v) is 4.97. The lowest BCUT2D eigenvalue weighted by atomic mass is 9.99. The van der Waals surface area contributed by atoms with Crippen LogP contribution >= 0.6 is 0 Å². The van der Waals surface area contributed by atoms with E-state index >= 15 is 0 Å². The predicted molar refractivity (Wildman–Crippen MR) is 61.8 cm³/mol. The van der Waals surface area contributed by atoms with Crippen LogP contribution in [0.25, 0.3) is 0 Å². The van der Waals surface area contributed by atoms with E-state index in [0.29, 0.717) is 5.56 Å². The third kappa shape index (κ3) is 2.96. The summed E-state index contributed by atoms with van der Waals surface area (Å²) in [5.41, 5.74) is 0.533. The Labute approximate surface area is 94.9 Å². The van der Waals surface area contributed by atoms with Gasteiger partial charge in [-0.2, -0.15) is 0 Å². The number of benzene rings is 1. The van der Waals surface area contributed by atoms with E-state index in [2.05, 4.69) is 11.2 Å². The van der Waals surface area contributed by atoms with Crippen LogP contribution in [-0.4, -0.2) is 18.2 Å². The maximum Gasteiger partial charge on any atom is 0.231 e. The zero-order valence-corrected chi connectivity index (χ0v) is 9.07. The van der Waals surface area contributed by atoms with Gasteiger partial charge in [-0.15, -0.1) is 6.42 Å². The summed E-state index contributed by atoms with van der Waals surface area (Å²) in [5.74, 6) is 1.04. The molecule has 1 aromatic carbocycles. The first kappa shape index (κ1) is 12.0. The average molecular weight is 215 g/mol. The second kappa shape index (κ2) is 5.72. The molecule has 0 aliphatic rings. The lowest BCUT2D eigenvalue weighted by molar-refractivity contribution is -0.122. The van der Waals surface area contributed by atoms with Gasteiger partial charge in [0.25, 0.3) is 0 Å². The van der Waals surface area contributed by atoms with Crippen molar-refractivity contribution in [1.29, 1.82) is 0 Å².